The van der Waals surface area contributed by atoms with Crippen LogP contribution in [0.1, 0.15) is 40.8 Å². The van der Waals surface area contributed by atoms with Gasteiger partial charge in [-0.1, -0.05) is 6.92 Å². The van der Waals surface area contributed by atoms with Crippen molar-refractivity contribution in [2.75, 3.05) is 0 Å². The van der Waals surface area contributed by atoms with Crippen molar-refractivity contribution in [2.24, 2.45) is 5.92 Å². The molecule has 3 rings (SSSR count). The van der Waals surface area contributed by atoms with E-state index in [-0.39, 0.29) is 0 Å². The zero-order valence-corrected chi connectivity index (χ0v) is 11.2. The third-order valence-electron chi connectivity index (χ3n) is 3.23. The van der Waals surface area contributed by atoms with Crippen LogP contribution < -0.4 is 0 Å². The summed E-state index contributed by atoms with van der Waals surface area (Å²) in [6.45, 7) is 2.87. The van der Waals surface area contributed by atoms with Crippen molar-refractivity contribution < 1.29 is 4.79 Å². The molecule has 2 aromatic heterocycles. The summed E-state index contributed by atoms with van der Waals surface area (Å²) in [6, 6.07) is 1.92. The van der Waals surface area contributed by atoms with Crippen molar-refractivity contribution in [3.05, 3.63) is 40.1 Å². The van der Waals surface area contributed by atoms with E-state index in [0.717, 1.165) is 37.1 Å². The number of hydrogen-bond donors (Lipinski definition) is 0. The monoisotopic (exact) mass is 260 g/mol. The lowest BCUT2D eigenvalue weighted by atomic mass is 10.1. The molecule has 1 aliphatic carbocycles. The second-order valence-corrected chi connectivity index (χ2v) is 5.74. The highest BCUT2D eigenvalue weighted by molar-refractivity contribution is 7.09. The number of rotatable bonds is 5. The molecule has 0 N–H and O–H groups in total. The maximum absolute atomic E-state index is 11.9. The standard InChI is InChI=1S/C14H16N2OS/c1-2-13-15-12(9-18-13)8-16-6-5-11(7-16)14(17)10-3-4-10/h5-7,9-10H,2-4,8H2,1H3. The van der Waals surface area contributed by atoms with Crippen molar-refractivity contribution in [2.45, 2.75) is 32.7 Å². The van der Waals surface area contributed by atoms with Gasteiger partial charge in [0.05, 0.1) is 17.2 Å². The second kappa shape index (κ2) is 4.69. The molecule has 0 amide bonds. The number of carbonyl (C=O) groups is 1. The fourth-order valence-electron chi connectivity index (χ4n) is 2.04. The molecule has 1 fully saturated rings. The van der Waals surface area contributed by atoms with E-state index in [1.807, 2.05) is 23.0 Å². The van der Waals surface area contributed by atoms with Gasteiger partial charge < -0.3 is 4.57 Å². The maximum atomic E-state index is 11.9. The average Bonchev–Trinajstić information content (AvgIpc) is 2.96. The van der Waals surface area contributed by atoms with Gasteiger partial charge in [0.15, 0.2) is 5.78 Å². The Labute approximate surface area is 110 Å². The molecule has 3 nitrogen and oxygen atoms in total. The van der Waals surface area contributed by atoms with Gasteiger partial charge in [-0.2, -0.15) is 0 Å². The zero-order valence-electron chi connectivity index (χ0n) is 10.4. The van der Waals surface area contributed by atoms with Gasteiger partial charge in [0, 0.05) is 29.3 Å². The summed E-state index contributed by atoms with van der Waals surface area (Å²) in [5.41, 5.74) is 1.93. The van der Waals surface area contributed by atoms with Gasteiger partial charge in [0.25, 0.3) is 0 Å². The molecule has 0 aromatic carbocycles. The number of nitrogens with zero attached hydrogens (tertiary/aromatic N) is 2. The Kier molecular flexibility index (Phi) is 3.04. The highest BCUT2D eigenvalue weighted by Crippen LogP contribution is 2.32. The molecule has 0 aliphatic heterocycles. The first-order valence-electron chi connectivity index (χ1n) is 6.39. The van der Waals surface area contributed by atoms with Crippen molar-refractivity contribution in [1.29, 1.82) is 0 Å². The summed E-state index contributed by atoms with van der Waals surface area (Å²) < 4.78 is 2.05. The minimum atomic E-state index is 0.298. The van der Waals surface area contributed by atoms with Gasteiger partial charge in [-0.25, -0.2) is 4.98 Å². The number of aromatic nitrogens is 2. The van der Waals surface area contributed by atoms with E-state index in [0.29, 0.717) is 11.7 Å². The Morgan fingerprint density at radius 2 is 2.39 bits per heavy atom. The van der Waals surface area contributed by atoms with Crippen molar-refractivity contribution in [3.8, 4) is 0 Å². The quantitative estimate of drug-likeness (QED) is 0.774. The van der Waals surface area contributed by atoms with Crippen LogP contribution in [-0.2, 0) is 13.0 Å². The molecule has 1 aliphatic rings. The lowest BCUT2D eigenvalue weighted by Crippen LogP contribution is -2.01. The lowest BCUT2D eigenvalue weighted by Gasteiger charge is -1.98. The third kappa shape index (κ3) is 2.38. The SMILES string of the molecule is CCc1nc(Cn2ccc(C(=O)C3CC3)c2)cs1. The maximum Gasteiger partial charge on any atom is 0.167 e. The number of thiazole rings is 1. The lowest BCUT2D eigenvalue weighted by molar-refractivity contribution is 0.0967. The highest BCUT2D eigenvalue weighted by Gasteiger charge is 2.30. The van der Waals surface area contributed by atoms with Crippen LogP contribution in [0, 0.1) is 5.92 Å². The predicted octanol–water partition coefficient (Wildman–Crippen LogP) is 3.15. The van der Waals surface area contributed by atoms with Gasteiger partial charge in [-0.3, -0.25) is 4.79 Å². The van der Waals surface area contributed by atoms with Crippen LogP contribution in [0.25, 0.3) is 0 Å². The van der Waals surface area contributed by atoms with Gasteiger partial charge in [-0.15, -0.1) is 11.3 Å². The highest BCUT2D eigenvalue weighted by atomic mass is 32.1. The molecule has 0 radical (unpaired) electrons. The molecule has 0 atom stereocenters. The van der Waals surface area contributed by atoms with Gasteiger partial charge >= 0.3 is 0 Å². The minimum absolute atomic E-state index is 0.298. The number of aryl methyl sites for hydroxylation is 1. The second-order valence-electron chi connectivity index (χ2n) is 4.80. The molecule has 0 bridgehead atoms. The summed E-state index contributed by atoms with van der Waals surface area (Å²) in [5.74, 6) is 0.605. The topological polar surface area (TPSA) is 34.9 Å². The third-order valence-corrected chi connectivity index (χ3v) is 4.27. The van der Waals surface area contributed by atoms with Gasteiger partial charge in [-0.05, 0) is 25.3 Å². The van der Waals surface area contributed by atoms with E-state index in [2.05, 4.69) is 17.3 Å². The molecular formula is C14H16N2OS. The molecule has 2 aromatic rings. The fourth-order valence-corrected chi connectivity index (χ4v) is 2.77. The van der Waals surface area contributed by atoms with E-state index in [1.54, 1.807) is 11.3 Å². The summed E-state index contributed by atoms with van der Waals surface area (Å²) in [7, 11) is 0. The molecule has 94 valence electrons. The van der Waals surface area contributed by atoms with Crippen LogP contribution >= 0.6 is 11.3 Å². The Morgan fingerprint density at radius 3 is 3.06 bits per heavy atom. The van der Waals surface area contributed by atoms with E-state index in [4.69, 9.17) is 0 Å². The summed E-state index contributed by atoms with van der Waals surface area (Å²) in [5, 5.41) is 3.27. The average molecular weight is 260 g/mol. The van der Waals surface area contributed by atoms with Gasteiger partial charge in [0.2, 0.25) is 0 Å². The van der Waals surface area contributed by atoms with Crippen molar-refractivity contribution in [3.63, 3.8) is 0 Å². The molecule has 0 spiro atoms. The normalized spacial score (nSPS) is 14.9. The predicted molar refractivity (Wildman–Crippen MR) is 72.1 cm³/mol. The molecule has 4 heteroatoms. The first kappa shape index (κ1) is 11.7. The first-order chi connectivity index (χ1) is 8.76. The molecule has 0 unspecified atom stereocenters. The molecule has 0 saturated heterocycles. The van der Waals surface area contributed by atoms with Crippen LogP contribution in [0.15, 0.2) is 23.8 Å². The first-order valence-corrected chi connectivity index (χ1v) is 7.27. The number of ketones is 1. The Morgan fingerprint density at radius 1 is 1.56 bits per heavy atom. The summed E-state index contributed by atoms with van der Waals surface area (Å²) in [4.78, 5) is 16.4. The smallest absolute Gasteiger partial charge is 0.167 e. The van der Waals surface area contributed by atoms with E-state index < -0.39 is 0 Å². The van der Waals surface area contributed by atoms with Crippen LogP contribution in [0.3, 0.4) is 0 Å². The van der Waals surface area contributed by atoms with E-state index in [9.17, 15) is 4.79 Å². The Bertz CT molecular complexity index is 566. The fraction of sp³-hybridized carbons (Fsp3) is 0.429. The largest absolute Gasteiger partial charge is 0.348 e. The minimum Gasteiger partial charge on any atom is -0.348 e. The number of carbonyl (C=O) groups excluding carboxylic acids is 1. The van der Waals surface area contributed by atoms with E-state index in [1.165, 1.54) is 5.01 Å². The molecule has 2 heterocycles. The van der Waals surface area contributed by atoms with Crippen LogP contribution in [0.2, 0.25) is 0 Å². The molecule has 18 heavy (non-hydrogen) atoms. The van der Waals surface area contributed by atoms with Crippen molar-refractivity contribution in [1.82, 2.24) is 9.55 Å². The summed E-state index contributed by atoms with van der Waals surface area (Å²) >= 11 is 1.71. The van der Waals surface area contributed by atoms with E-state index >= 15 is 0 Å². The molecular weight excluding hydrogens is 244 g/mol. The van der Waals surface area contributed by atoms with Crippen LogP contribution in [-0.4, -0.2) is 15.3 Å². The van der Waals surface area contributed by atoms with Crippen LogP contribution in [0.4, 0.5) is 0 Å². The molecule has 1 saturated carbocycles. The Balaban J connectivity index is 1.71. The zero-order chi connectivity index (χ0) is 12.5. The Hall–Kier alpha value is -1.42. The van der Waals surface area contributed by atoms with Crippen LogP contribution in [0.5, 0.6) is 0 Å². The summed E-state index contributed by atoms with van der Waals surface area (Å²) in [6.07, 6.45) is 7.04. The van der Waals surface area contributed by atoms with Gasteiger partial charge in [0.1, 0.15) is 0 Å². The van der Waals surface area contributed by atoms with Crippen molar-refractivity contribution >= 4 is 17.1 Å². The number of Topliss-reactive ketones (excluding diaryl/α,β-unsaturated/α-hetero) is 1. The number of hydrogen-bond acceptors (Lipinski definition) is 3.